The van der Waals surface area contributed by atoms with Gasteiger partial charge in [0.25, 0.3) is 0 Å². The highest BCUT2D eigenvalue weighted by Gasteiger charge is 2.32. The average Bonchev–Trinajstić information content (AvgIpc) is 2.68. The molecule has 6 nitrogen and oxygen atoms in total. The predicted molar refractivity (Wildman–Crippen MR) is 99.1 cm³/mol. The molecule has 0 N–H and O–H groups in total. The predicted octanol–water partition coefficient (Wildman–Crippen LogP) is 3.32. The van der Waals surface area contributed by atoms with Gasteiger partial charge in [-0.15, -0.1) is 0 Å². The molecule has 1 saturated carbocycles. The van der Waals surface area contributed by atoms with E-state index in [1.54, 1.807) is 12.3 Å². The molecule has 1 aromatic rings. The number of methoxy groups -OCH3 is 1. The quantitative estimate of drug-likeness (QED) is 0.805. The number of amides is 1. The molecule has 0 unspecified atom stereocenters. The van der Waals surface area contributed by atoms with Crippen LogP contribution in [0.2, 0.25) is 0 Å². The second-order valence-electron chi connectivity index (χ2n) is 7.88. The lowest BCUT2D eigenvalue weighted by Gasteiger charge is -2.36. The molecular formula is C20H31N3O3. The van der Waals surface area contributed by atoms with Gasteiger partial charge in [0.15, 0.2) is 0 Å². The van der Waals surface area contributed by atoms with Crippen molar-refractivity contribution in [1.82, 2.24) is 14.9 Å². The lowest BCUT2D eigenvalue weighted by molar-refractivity contribution is -0.138. The molecule has 1 amide bonds. The van der Waals surface area contributed by atoms with Crippen molar-refractivity contribution in [3.63, 3.8) is 0 Å². The summed E-state index contributed by atoms with van der Waals surface area (Å²) in [7, 11) is 1.54. The Morgan fingerprint density at radius 1 is 1.15 bits per heavy atom. The number of carbonyl (C=O) groups is 1. The molecule has 2 heterocycles. The summed E-state index contributed by atoms with van der Waals surface area (Å²) >= 11 is 0. The van der Waals surface area contributed by atoms with Gasteiger partial charge < -0.3 is 14.4 Å². The Balaban J connectivity index is 1.45. The van der Waals surface area contributed by atoms with Crippen molar-refractivity contribution < 1.29 is 14.3 Å². The third-order valence-electron chi connectivity index (χ3n) is 5.90. The van der Waals surface area contributed by atoms with Crippen molar-refractivity contribution in [2.45, 2.75) is 58.5 Å². The lowest BCUT2D eigenvalue weighted by atomic mass is 9.76. The average molecular weight is 361 g/mol. The van der Waals surface area contributed by atoms with Gasteiger partial charge in [-0.2, -0.15) is 4.98 Å². The molecule has 26 heavy (non-hydrogen) atoms. The summed E-state index contributed by atoms with van der Waals surface area (Å²) in [5.74, 6) is 2.65. The van der Waals surface area contributed by atoms with Crippen LogP contribution in [0.15, 0.2) is 12.3 Å². The Bertz CT molecular complexity index is 592. The van der Waals surface area contributed by atoms with Crippen LogP contribution in [0.4, 0.5) is 0 Å². The van der Waals surface area contributed by atoms with Crippen molar-refractivity contribution in [3.8, 4) is 11.9 Å². The molecule has 1 aromatic heterocycles. The maximum Gasteiger partial charge on any atom is 0.319 e. The topological polar surface area (TPSA) is 64.6 Å². The molecule has 0 spiro atoms. The van der Waals surface area contributed by atoms with Gasteiger partial charge in [0, 0.05) is 44.1 Å². The van der Waals surface area contributed by atoms with E-state index in [4.69, 9.17) is 9.47 Å². The van der Waals surface area contributed by atoms with E-state index in [2.05, 4.69) is 23.8 Å². The summed E-state index contributed by atoms with van der Waals surface area (Å²) in [5.41, 5.74) is 0. The van der Waals surface area contributed by atoms with E-state index in [1.807, 2.05) is 4.90 Å². The SMILES string of the molecule is COc1nccc(OC2CCN(C(=O)C3CCC(C(C)C)CC3)CC2)n1. The summed E-state index contributed by atoms with van der Waals surface area (Å²) in [4.78, 5) is 23.1. The van der Waals surface area contributed by atoms with Gasteiger partial charge >= 0.3 is 6.01 Å². The maximum absolute atomic E-state index is 12.8. The number of nitrogens with zero attached hydrogens (tertiary/aromatic N) is 3. The Morgan fingerprint density at radius 3 is 2.46 bits per heavy atom. The zero-order valence-electron chi connectivity index (χ0n) is 16.2. The van der Waals surface area contributed by atoms with Crippen LogP contribution >= 0.6 is 0 Å². The number of likely N-dealkylation sites (tertiary alicyclic amines) is 1. The molecule has 1 saturated heterocycles. The molecule has 1 aliphatic heterocycles. The minimum atomic E-state index is 0.0929. The van der Waals surface area contributed by atoms with Crippen LogP contribution in [-0.2, 0) is 4.79 Å². The molecule has 1 aliphatic carbocycles. The van der Waals surface area contributed by atoms with Gasteiger partial charge in [0.1, 0.15) is 6.10 Å². The Hall–Kier alpha value is -1.85. The fraction of sp³-hybridized carbons (Fsp3) is 0.750. The van der Waals surface area contributed by atoms with Crippen molar-refractivity contribution >= 4 is 5.91 Å². The number of hydrogen-bond donors (Lipinski definition) is 0. The van der Waals surface area contributed by atoms with Crippen molar-refractivity contribution in [2.75, 3.05) is 20.2 Å². The van der Waals surface area contributed by atoms with Crippen molar-refractivity contribution in [3.05, 3.63) is 12.3 Å². The number of ether oxygens (including phenoxy) is 2. The molecule has 0 bridgehead atoms. The number of carbonyl (C=O) groups excluding carboxylic acids is 1. The second kappa shape index (κ2) is 8.69. The minimum absolute atomic E-state index is 0.0929. The number of aromatic nitrogens is 2. The minimum Gasteiger partial charge on any atom is -0.474 e. The molecule has 0 aromatic carbocycles. The third-order valence-corrected chi connectivity index (χ3v) is 5.90. The van der Waals surface area contributed by atoms with E-state index in [0.717, 1.165) is 50.6 Å². The van der Waals surface area contributed by atoms with Gasteiger partial charge in [-0.05, 0) is 37.5 Å². The first kappa shape index (κ1) is 18.9. The summed E-state index contributed by atoms with van der Waals surface area (Å²) in [5, 5.41) is 0. The fourth-order valence-corrected chi connectivity index (χ4v) is 4.14. The van der Waals surface area contributed by atoms with E-state index < -0.39 is 0 Å². The van der Waals surface area contributed by atoms with Crippen LogP contribution in [-0.4, -0.2) is 47.1 Å². The number of rotatable bonds is 5. The van der Waals surface area contributed by atoms with Gasteiger partial charge in [-0.25, -0.2) is 4.98 Å². The molecule has 2 fully saturated rings. The largest absolute Gasteiger partial charge is 0.474 e. The van der Waals surface area contributed by atoms with Crippen molar-refractivity contribution in [2.24, 2.45) is 17.8 Å². The van der Waals surface area contributed by atoms with Gasteiger partial charge in [0.2, 0.25) is 11.8 Å². The normalized spacial score (nSPS) is 24.5. The molecule has 0 radical (unpaired) electrons. The standard InChI is InChI=1S/C20H31N3O3/c1-14(2)15-4-6-16(7-5-15)19(24)23-12-9-17(10-13-23)26-18-8-11-21-20(22-18)25-3/h8,11,14-17H,4-7,9-10,12-13H2,1-3H3. The number of piperidine rings is 1. The monoisotopic (exact) mass is 361 g/mol. The van der Waals surface area contributed by atoms with Crippen LogP contribution in [0.25, 0.3) is 0 Å². The highest BCUT2D eigenvalue weighted by Crippen LogP contribution is 2.34. The maximum atomic E-state index is 12.8. The van der Waals surface area contributed by atoms with E-state index in [9.17, 15) is 4.79 Å². The Morgan fingerprint density at radius 2 is 1.85 bits per heavy atom. The zero-order chi connectivity index (χ0) is 18.5. The second-order valence-corrected chi connectivity index (χ2v) is 7.88. The van der Waals surface area contributed by atoms with Crippen LogP contribution in [0, 0.1) is 17.8 Å². The van der Waals surface area contributed by atoms with E-state index >= 15 is 0 Å². The highest BCUT2D eigenvalue weighted by molar-refractivity contribution is 5.79. The summed E-state index contributed by atoms with van der Waals surface area (Å²) in [6.07, 6.45) is 7.92. The van der Waals surface area contributed by atoms with Crippen molar-refractivity contribution in [1.29, 1.82) is 0 Å². The van der Waals surface area contributed by atoms with E-state index in [0.29, 0.717) is 17.8 Å². The Kier molecular flexibility index (Phi) is 6.33. The fourth-order valence-electron chi connectivity index (χ4n) is 4.14. The first-order chi connectivity index (χ1) is 12.6. The molecule has 0 atom stereocenters. The first-order valence-corrected chi connectivity index (χ1v) is 9.89. The molecule has 6 heteroatoms. The lowest BCUT2D eigenvalue weighted by Crippen LogP contribution is -2.45. The van der Waals surface area contributed by atoms with Gasteiger partial charge in [0.05, 0.1) is 7.11 Å². The molecule has 2 aliphatic rings. The van der Waals surface area contributed by atoms with Gasteiger partial charge in [-0.3, -0.25) is 4.79 Å². The number of hydrogen-bond acceptors (Lipinski definition) is 5. The molecular weight excluding hydrogens is 330 g/mol. The molecule has 144 valence electrons. The zero-order valence-corrected chi connectivity index (χ0v) is 16.2. The first-order valence-electron chi connectivity index (χ1n) is 9.89. The van der Waals surface area contributed by atoms with Crippen LogP contribution in [0.1, 0.15) is 52.4 Å². The molecule has 3 rings (SSSR count). The van der Waals surface area contributed by atoms with Gasteiger partial charge in [-0.1, -0.05) is 13.8 Å². The van der Waals surface area contributed by atoms with E-state index in [1.165, 1.54) is 20.0 Å². The van der Waals surface area contributed by atoms with Crippen LogP contribution < -0.4 is 9.47 Å². The third kappa shape index (κ3) is 4.65. The summed E-state index contributed by atoms with van der Waals surface area (Å²) < 4.78 is 11.0. The van der Waals surface area contributed by atoms with Crippen LogP contribution in [0.3, 0.4) is 0 Å². The van der Waals surface area contributed by atoms with E-state index in [-0.39, 0.29) is 12.0 Å². The summed E-state index contributed by atoms with van der Waals surface area (Å²) in [6.45, 7) is 6.14. The summed E-state index contributed by atoms with van der Waals surface area (Å²) in [6, 6.07) is 2.06. The highest BCUT2D eigenvalue weighted by atomic mass is 16.5. The Labute approximate surface area is 156 Å². The smallest absolute Gasteiger partial charge is 0.319 e. The van der Waals surface area contributed by atoms with Crippen LogP contribution in [0.5, 0.6) is 11.9 Å².